The van der Waals surface area contributed by atoms with Gasteiger partial charge < -0.3 is 24.4 Å². The fourth-order valence-electron chi connectivity index (χ4n) is 3.39. The Hall–Kier alpha value is -4.04. The predicted molar refractivity (Wildman–Crippen MR) is 131 cm³/mol. The van der Waals surface area contributed by atoms with E-state index in [0.717, 1.165) is 10.0 Å². The fraction of sp³-hybridized carbons (Fsp3) is 0.238. The highest BCUT2D eigenvalue weighted by molar-refractivity contribution is 9.10. The third-order valence-electron chi connectivity index (χ3n) is 5.09. The SMILES string of the molecule is O=[N+]([O-])c1cccc(Nc2nc(NN=Cc3cc4c(cc3Br)OCO4)nc(N3CCOCC3)n2)c1. The molecule has 2 N–H and O–H groups in total. The van der Waals surface area contributed by atoms with Gasteiger partial charge in [0.15, 0.2) is 11.5 Å². The molecule has 3 aromatic rings. The van der Waals surface area contributed by atoms with Gasteiger partial charge in [0.05, 0.1) is 24.4 Å². The van der Waals surface area contributed by atoms with E-state index >= 15 is 0 Å². The summed E-state index contributed by atoms with van der Waals surface area (Å²) in [6, 6.07) is 9.70. The summed E-state index contributed by atoms with van der Waals surface area (Å²) in [5, 5.41) is 18.4. The van der Waals surface area contributed by atoms with Crippen molar-refractivity contribution in [2.24, 2.45) is 5.10 Å². The number of hydrazone groups is 1. The number of anilines is 4. The van der Waals surface area contributed by atoms with Gasteiger partial charge >= 0.3 is 0 Å². The fourth-order valence-corrected chi connectivity index (χ4v) is 3.82. The van der Waals surface area contributed by atoms with Crippen molar-refractivity contribution in [3.05, 3.63) is 56.5 Å². The summed E-state index contributed by atoms with van der Waals surface area (Å²) in [6.07, 6.45) is 1.60. The van der Waals surface area contributed by atoms with Crippen LogP contribution in [0.25, 0.3) is 0 Å². The van der Waals surface area contributed by atoms with Crippen LogP contribution in [0.3, 0.4) is 0 Å². The van der Waals surface area contributed by atoms with E-state index in [0.29, 0.717) is 49.4 Å². The lowest BCUT2D eigenvalue weighted by molar-refractivity contribution is -0.384. The lowest BCUT2D eigenvalue weighted by atomic mass is 10.2. The van der Waals surface area contributed by atoms with Crippen LogP contribution in [0.4, 0.5) is 29.2 Å². The van der Waals surface area contributed by atoms with Crippen LogP contribution in [0.1, 0.15) is 5.56 Å². The maximum Gasteiger partial charge on any atom is 0.271 e. The molecule has 0 amide bonds. The van der Waals surface area contributed by atoms with Crippen LogP contribution in [0.2, 0.25) is 0 Å². The molecule has 0 bridgehead atoms. The Morgan fingerprint density at radius 3 is 2.66 bits per heavy atom. The first-order chi connectivity index (χ1) is 17.0. The molecule has 2 aliphatic heterocycles. The lowest BCUT2D eigenvalue weighted by Gasteiger charge is -2.27. The highest BCUT2D eigenvalue weighted by Crippen LogP contribution is 2.36. The third kappa shape index (κ3) is 5.38. The Balaban J connectivity index is 1.39. The minimum atomic E-state index is -0.465. The van der Waals surface area contributed by atoms with Gasteiger partial charge in [-0.25, -0.2) is 5.43 Å². The van der Waals surface area contributed by atoms with E-state index in [1.54, 1.807) is 24.4 Å². The van der Waals surface area contributed by atoms with Gasteiger partial charge in [0.2, 0.25) is 24.6 Å². The molecule has 180 valence electrons. The molecule has 0 radical (unpaired) electrons. The highest BCUT2D eigenvalue weighted by Gasteiger charge is 2.18. The van der Waals surface area contributed by atoms with Gasteiger partial charge in [-0.2, -0.15) is 20.1 Å². The Bertz CT molecular complexity index is 1280. The molecule has 3 heterocycles. The number of non-ortho nitro benzene ring substituents is 1. The predicted octanol–water partition coefficient (Wildman–Crippen LogP) is 3.30. The summed E-state index contributed by atoms with van der Waals surface area (Å²) in [5.74, 6) is 2.13. The Morgan fingerprint density at radius 1 is 1.09 bits per heavy atom. The minimum Gasteiger partial charge on any atom is -0.454 e. The van der Waals surface area contributed by atoms with Crippen LogP contribution in [-0.2, 0) is 4.74 Å². The molecule has 2 aliphatic rings. The summed E-state index contributed by atoms with van der Waals surface area (Å²) in [6.45, 7) is 2.52. The van der Waals surface area contributed by atoms with Crippen molar-refractivity contribution in [3.8, 4) is 11.5 Å². The van der Waals surface area contributed by atoms with Crippen LogP contribution in [0.5, 0.6) is 11.5 Å². The standard InChI is InChI=1S/C21H19BrN8O5/c22-16-10-18-17(34-12-35-18)8-13(16)11-23-28-20-25-19(24-14-2-1-3-15(9-14)30(31)32)26-21(27-20)29-4-6-33-7-5-29/h1-3,8-11H,4-7,12H2,(H2,24,25,26,27,28). The van der Waals surface area contributed by atoms with Gasteiger partial charge in [-0.1, -0.05) is 6.07 Å². The first-order valence-corrected chi connectivity index (χ1v) is 11.3. The molecule has 0 unspecified atom stereocenters. The molecule has 0 spiro atoms. The maximum absolute atomic E-state index is 11.1. The second kappa shape index (κ2) is 10.1. The molecule has 1 aromatic heterocycles. The zero-order chi connectivity index (χ0) is 24.2. The number of hydrogen-bond donors (Lipinski definition) is 2. The van der Waals surface area contributed by atoms with Gasteiger partial charge in [0.1, 0.15) is 0 Å². The van der Waals surface area contributed by atoms with Gasteiger partial charge in [-0.3, -0.25) is 10.1 Å². The third-order valence-corrected chi connectivity index (χ3v) is 5.78. The maximum atomic E-state index is 11.1. The second-order valence-corrected chi connectivity index (χ2v) is 8.27. The van der Waals surface area contributed by atoms with Crippen LogP contribution in [0.15, 0.2) is 46.0 Å². The zero-order valence-electron chi connectivity index (χ0n) is 18.2. The van der Waals surface area contributed by atoms with Crippen LogP contribution >= 0.6 is 15.9 Å². The number of nitro groups is 1. The van der Waals surface area contributed by atoms with Crippen LogP contribution < -0.4 is 25.1 Å². The van der Waals surface area contributed by atoms with E-state index < -0.39 is 4.92 Å². The number of rotatable bonds is 7. The molecule has 1 fully saturated rings. The molecule has 0 atom stereocenters. The molecule has 0 saturated carbocycles. The molecule has 2 aromatic carbocycles. The summed E-state index contributed by atoms with van der Waals surface area (Å²) < 4.78 is 17.0. The minimum absolute atomic E-state index is 0.0466. The van der Waals surface area contributed by atoms with E-state index in [9.17, 15) is 10.1 Å². The van der Waals surface area contributed by atoms with E-state index in [1.807, 2.05) is 11.0 Å². The van der Waals surface area contributed by atoms with Crippen LogP contribution in [0, 0.1) is 10.1 Å². The summed E-state index contributed by atoms with van der Waals surface area (Å²) in [5.41, 5.74) is 4.02. The normalized spacial score (nSPS) is 14.8. The topological polar surface area (TPSA) is 149 Å². The number of hydrogen-bond acceptors (Lipinski definition) is 12. The monoisotopic (exact) mass is 542 g/mol. The second-order valence-electron chi connectivity index (χ2n) is 7.41. The first-order valence-electron chi connectivity index (χ1n) is 10.5. The molecular formula is C21H19BrN8O5. The van der Waals surface area contributed by atoms with Gasteiger partial charge in [0.25, 0.3) is 5.69 Å². The highest BCUT2D eigenvalue weighted by atomic mass is 79.9. The summed E-state index contributed by atoms with van der Waals surface area (Å²) in [4.78, 5) is 25.9. The Morgan fingerprint density at radius 2 is 1.86 bits per heavy atom. The number of aromatic nitrogens is 3. The zero-order valence-corrected chi connectivity index (χ0v) is 19.8. The Kier molecular flexibility index (Phi) is 6.54. The van der Waals surface area contributed by atoms with E-state index in [-0.39, 0.29) is 24.4 Å². The van der Waals surface area contributed by atoms with Crippen molar-refractivity contribution in [2.45, 2.75) is 0 Å². The van der Waals surface area contributed by atoms with Crippen molar-refractivity contribution in [1.82, 2.24) is 15.0 Å². The van der Waals surface area contributed by atoms with E-state index in [4.69, 9.17) is 14.2 Å². The van der Waals surface area contributed by atoms with Crippen molar-refractivity contribution < 1.29 is 19.1 Å². The number of halogens is 1. The number of benzene rings is 2. The van der Waals surface area contributed by atoms with Crippen LogP contribution in [-0.4, -0.2) is 59.2 Å². The average molecular weight is 543 g/mol. The quantitative estimate of drug-likeness (QED) is 0.257. The van der Waals surface area contributed by atoms with Gasteiger partial charge in [-0.15, -0.1) is 0 Å². The largest absolute Gasteiger partial charge is 0.454 e. The number of ether oxygens (including phenoxy) is 3. The number of nitrogens with zero attached hydrogens (tertiary/aromatic N) is 6. The van der Waals surface area contributed by atoms with Crippen molar-refractivity contribution >= 4 is 51.4 Å². The number of nitro benzene ring substituents is 1. The molecule has 0 aliphatic carbocycles. The molecular weight excluding hydrogens is 524 g/mol. The molecule has 35 heavy (non-hydrogen) atoms. The lowest BCUT2D eigenvalue weighted by Crippen LogP contribution is -2.37. The average Bonchev–Trinajstić information content (AvgIpc) is 3.32. The molecule has 14 heteroatoms. The van der Waals surface area contributed by atoms with Crippen molar-refractivity contribution in [3.63, 3.8) is 0 Å². The van der Waals surface area contributed by atoms with E-state index in [2.05, 4.69) is 46.7 Å². The summed E-state index contributed by atoms with van der Waals surface area (Å²) in [7, 11) is 0. The molecule has 1 saturated heterocycles. The van der Waals surface area contributed by atoms with Gasteiger partial charge in [0, 0.05) is 40.9 Å². The Labute approximate surface area is 207 Å². The smallest absolute Gasteiger partial charge is 0.271 e. The van der Waals surface area contributed by atoms with Crippen molar-refractivity contribution in [1.29, 1.82) is 0 Å². The van der Waals surface area contributed by atoms with Crippen molar-refractivity contribution in [2.75, 3.05) is 48.7 Å². The van der Waals surface area contributed by atoms with Gasteiger partial charge in [-0.05, 0) is 34.1 Å². The molecule has 13 nitrogen and oxygen atoms in total. The number of nitrogens with one attached hydrogen (secondary N) is 2. The summed E-state index contributed by atoms with van der Waals surface area (Å²) >= 11 is 3.49. The number of morpholine rings is 1. The van der Waals surface area contributed by atoms with E-state index in [1.165, 1.54) is 12.1 Å². The first kappa shape index (κ1) is 22.7. The number of fused-ring (bicyclic) bond motifs is 1. The molecule has 5 rings (SSSR count).